The smallest absolute Gasteiger partial charge is 0.237 e. The van der Waals surface area contributed by atoms with Crippen molar-refractivity contribution >= 4 is 42.1 Å². The molecule has 2 fully saturated rings. The van der Waals surface area contributed by atoms with Crippen LogP contribution in [-0.4, -0.2) is 117 Å². The lowest BCUT2D eigenvalue weighted by Crippen LogP contribution is -2.65. The van der Waals surface area contributed by atoms with E-state index in [-0.39, 0.29) is 11.2 Å². The van der Waals surface area contributed by atoms with Crippen molar-refractivity contribution in [3.63, 3.8) is 0 Å². The van der Waals surface area contributed by atoms with E-state index < -0.39 is 48.0 Å². The number of carbonyl (C=O) groups excluding carboxylic acids is 1. The van der Waals surface area contributed by atoms with Crippen LogP contribution in [0.15, 0.2) is 0 Å². The highest BCUT2D eigenvalue weighted by molar-refractivity contribution is 8.00. The molecule has 0 bridgehead atoms. The zero-order valence-electron chi connectivity index (χ0n) is 17.2. The molecule has 0 spiro atoms. The molecule has 1 amide bonds. The number of nitrogens with one attached hydrogen (secondary N) is 2. The van der Waals surface area contributed by atoms with Crippen molar-refractivity contribution in [1.82, 2.24) is 10.6 Å². The number of thiol groups is 1. The highest BCUT2D eigenvalue weighted by atomic mass is 32.2. The summed E-state index contributed by atoms with van der Waals surface area (Å²) < 4.78 is 11.1. The van der Waals surface area contributed by atoms with Crippen molar-refractivity contribution in [1.29, 1.82) is 0 Å². The Morgan fingerprint density at radius 2 is 2.03 bits per heavy atom. The van der Waals surface area contributed by atoms with Crippen molar-refractivity contribution < 1.29 is 34.7 Å². The third-order valence-corrected chi connectivity index (χ3v) is 7.52. The molecule has 2 aliphatic heterocycles. The third kappa shape index (κ3) is 7.12. The van der Waals surface area contributed by atoms with Gasteiger partial charge in [-0.15, -0.1) is 11.8 Å². The Hall–Kier alpha value is 0.240. The molecule has 6 N–H and O–H groups in total. The monoisotopic (exact) mass is 486 g/mol. The van der Waals surface area contributed by atoms with Gasteiger partial charge in [-0.3, -0.25) is 4.79 Å². The summed E-state index contributed by atoms with van der Waals surface area (Å²) in [6, 6.07) is -1.36. The largest absolute Gasteiger partial charge is 0.391 e. The second kappa shape index (κ2) is 13.1. The SMILES string of the molecule is CSC1OC(C(NC(=O)C2CC(SCCOCCS)CN2)C(C)O)C(O)C(O)C1O. The Morgan fingerprint density at radius 3 is 2.67 bits per heavy atom. The third-order valence-electron chi connectivity index (χ3n) is 5.25. The molecule has 2 aliphatic rings. The predicted octanol–water partition coefficient (Wildman–Crippen LogP) is -1.57. The number of thioether (sulfide) groups is 2. The first kappa shape index (κ1) is 26.5. The molecule has 0 aliphatic carbocycles. The number of carbonyl (C=O) groups is 1. The number of hydrogen-bond donors (Lipinski definition) is 7. The average molecular weight is 487 g/mol. The van der Waals surface area contributed by atoms with Crippen LogP contribution in [0.2, 0.25) is 0 Å². The molecule has 30 heavy (non-hydrogen) atoms. The first-order valence-electron chi connectivity index (χ1n) is 10.0. The van der Waals surface area contributed by atoms with Gasteiger partial charge in [-0.25, -0.2) is 0 Å². The normalized spacial score (nSPS) is 36.4. The van der Waals surface area contributed by atoms with Gasteiger partial charge in [-0.05, 0) is 19.6 Å². The Balaban J connectivity index is 1.90. The molecule has 9 atom stereocenters. The first-order chi connectivity index (χ1) is 14.3. The van der Waals surface area contributed by atoms with Crippen LogP contribution in [0.4, 0.5) is 0 Å². The van der Waals surface area contributed by atoms with Crippen molar-refractivity contribution in [2.75, 3.05) is 37.5 Å². The van der Waals surface area contributed by atoms with Crippen molar-refractivity contribution in [3.05, 3.63) is 0 Å². The lowest BCUT2D eigenvalue weighted by molar-refractivity contribution is -0.211. The molecular weight excluding hydrogens is 452 g/mol. The maximum atomic E-state index is 12.8. The van der Waals surface area contributed by atoms with E-state index in [1.165, 1.54) is 18.7 Å². The van der Waals surface area contributed by atoms with Crippen LogP contribution < -0.4 is 10.6 Å². The Kier molecular flexibility index (Phi) is 11.5. The standard InChI is InChI=1S/C18H34N2O7S3/c1-9(21)12(16-14(23)13(22)15(24)18(27-16)29-2)20-17(25)11-7-10(8-19-11)30-6-4-26-3-5-28/h9-16,18-19,21-24,28H,3-8H2,1-2H3,(H,20,25). The fraction of sp³-hybridized carbons (Fsp3) is 0.944. The van der Waals surface area contributed by atoms with Gasteiger partial charge in [0.1, 0.15) is 29.9 Å². The van der Waals surface area contributed by atoms with Crippen LogP contribution in [0.5, 0.6) is 0 Å². The molecule has 0 radical (unpaired) electrons. The van der Waals surface area contributed by atoms with Crippen LogP contribution >= 0.6 is 36.2 Å². The molecule has 2 rings (SSSR count). The second-order valence-corrected chi connectivity index (χ2v) is 10.3. The van der Waals surface area contributed by atoms with Gasteiger partial charge in [0.05, 0.1) is 31.4 Å². The summed E-state index contributed by atoms with van der Waals surface area (Å²) in [5.41, 5.74) is -0.776. The average Bonchev–Trinajstić information content (AvgIpc) is 3.19. The zero-order valence-corrected chi connectivity index (χ0v) is 19.7. The molecule has 12 heteroatoms. The highest BCUT2D eigenvalue weighted by Gasteiger charge is 2.48. The molecule has 2 saturated heterocycles. The number of amides is 1. The van der Waals surface area contributed by atoms with E-state index >= 15 is 0 Å². The topological polar surface area (TPSA) is 141 Å². The van der Waals surface area contributed by atoms with E-state index in [4.69, 9.17) is 9.47 Å². The summed E-state index contributed by atoms with van der Waals surface area (Å²) in [7, 11) is 0. The van der Waals surface area contributed by atoms with E-state index in [9.17, 15) is 25.2 Å². The first-order valence-corrected chi connectivity index (χ1v) is 13.0. The van der Waals surface area contributed by atoms with Crippen LogP contribution in [0.3, 0.4) is 0 Å². The molecule has 0 aromatic rings. The second-order valence-electron chi connectivity index (χ2n) is 7.48. The lowest BCUT2D eigenvalue weighted by atomic mass is 9.92. The quantitative estimate of drug-likeness (QED) is 0.135. The molecule has 2 heterocycles. The van der Waals surface area contributed by atoms with Gasteiger partial charge >= 0.3 is 0 Å². The van der Waals surface area contributed by atoms with Crippen molar-refractivity contribution in [2.45, 2.75) is 66.6 Å². The van der Waals surface area contributed by atoms with Gasteiger partial charge in [0.25, 0.3) is 0 Å². The van der Waals surface area contributed by atoms with Crippen LogP contribution in [-0.2, 0) is 14.3 Å². The molecule has 0 aromatic carbocycles. The van der Waals surface area contributed by atoms with E-state index in [0.29, 0.717) is 31.9 Å². The Bertz CT molecular complexity index is 532. The minimum atomic E-state index is -1.44. The van der Waals surface area contributed by atoms with Gasteiger partial charge in [-0.2, -0.15) is 24.4 Å². The molecule has 9 unspecified atom stereocenters. The van der Waals surface area contributed by atoms with Crippen molar-refractivity contribution in [3.8, 4) is 0 Å². The maximum absolute atomic E-state index is 12.8. The van der Waals surface area contributed by atoms with Crippen LogP contribution in [0.25, 0.3) is 0 Å². The number of aliphatic hydroxyl groups is 4. The van der Waals surface area contributed by atoms with Gasteiger partial charge in [0.2, 0.25) is 5.91 Å². The fourth-order valence-corrected chi connectivity index (χ4v) is 5.48. The van der Waals surface area contributed by atoms with Gasteiger partial charge in [0, 0.05) is 23.3 Å². The van der Waals surface area contributed by atoms with Gasteiger partial charge in [-0.1, -0.05) is 0 Å². The summed E-state index contributed by atoms with van der Waals surface area (Å²) >= 11 is 7.02. The van der Waals surface area contributed by atoms with Crippen LogP contribution in [0.1, 0.15) is 13.3 Å². The summed E-state index contributed by atoms with van der Waals surface area (Å²) in [6.45, 7) is 3.44. The summed E-state index contributed by atoms with van der Waals surface area (Å²) in [5, 5.41) is 47.0. The van der Waals surface area contributed by atoms with Crippen LogP contribution in [0, 0.1) is 0 Å². The zero-order chi connectivity index (χ0) is 22.3. The molecule has 176 valence electrons. The summed E-state index contributed by atoms with van der Waals surface area (Å²) in [6.07, 6.45) is -3.89. The number of ether oxygens (including phenoxy) is 2. The molecule has 9 nitrogen and oxygen atoms in total. The van der Waals surface area contributed by atoms with E-state index in [1.54, 1.807) is 18.0 Å². The van der Waals surface area contributed by atoms with E-state index in [0.717, 1.165) is 5.75 Å². The fourth-order valence-electron chi connectivity index (χ4n) is 3.58. The predicted molar refractivity (Wildman–Crippen MR) is 121 cm³/mol. The van der Waals surface area contributed by atoms with E-state index in [2.05, 4.69) is 23.3 Å². The van der Waals surface area contributed by atoms with Gasteiger partial charge < -0.3 is 40.5 Å². The number of hydrogen-bond acceptors (Lipinski definition) is 11. The Labute approximate surface area is 191 Å². The van der Waals surface area contributed by atoms with Crippen molar-refractivity contribution in [2.24, 2.45) is 0 Å². The number of aliphatic hydroxyl groups excluding tert-OH is 4. The maximum Gasteiger partial charge on any atom is 0.237 e. The summed E-state index contributed by atoms with van der Waals surface area (Å²) in [4.78, 5) is 12.8. The number of rotatable bonds is 11. The summed E-state index contributed by atoms with van der Waals surface area (Å²) in [5.74, 6) is 1.23. The van der Waals surface area contributed by atoms with E-state index in [1.807, 2.05) is 0 Å². The highest BCUT2D eigenvalue weighted by Crippen LogP contribution is 2.29. The Morgan fingerprint density at radius 1 is 1.30 bits per heavy atom. The minimum absolute atomic E-state index is 0.278. The molecule has 0 saturated carbocycles. The lowest BCUT2D eigenvalue weighted by Gasteiger charge is -2.44. The minimum Gasteiger partial charge on any atom is -0.391 e. The van der Waals surface area contributed by atoms with Gasteiger partial charge in [0.15, 0.2) is 0 Å². The molecule has 0 aromatic heterocycles. The molecular formula is C18H34N2O7S3.